The third kappa shape index (κ3) is 1.43. The van der Waals surface area contributed by atoms with Gasteiger partial charge in [0.1, 0.15) is 5.75 Å². The number of phenolic OH excluding ortho intramolecular Hbond substituents is 1. The van der Waals surface area contributed by atoms with Gasteiger partial charge in [-0.15, -0.1) is 35.7 Å². The topological polar surface area (TPSA) is 20.2 Å². The molecule has 0 aliphatic rings. The third-order valence-corrected chi connectivity index (χ3v) is 3.92. The molecule has 0 aliphatic heterocycles. The van der Waals surface area contributed by atoms with E-state index in [1.807, 2.05) is 23.8 Å². The van der Waals surface area contributed by atoms with Gasteiger partial charge in [-0.1, -0.05) is 0 Å². The van der Waals surface area contributed by atoms with Gasteiger partial charge < -0.3 is 5.11 Å². The number of thioether (sulfide) groups is 1. The molecule has 1 heterocycles. The Morgan fingerprint density at radius 2 is 2.31 bits per heavy atom. The first-order valence-corrected chi connectivity index (χ1v) is 6.25. The number of thiol groups is 1. The summed E-state index contributed by atoms with van der Waals surface area (Å²) in [5.74, 6) is 0.385. The molecule has 0 saturated heterocycles. The van der Waals surface area contributed by atoms with Crippen LogP contribution in [0.5, 0.6) is 5.75 Å². The van der Waals surface area contributed by atoms with E-state index in [1.54, 1.807) is 11.3 Å². The highest BCUT2D eigenvalue weighted by Gasteiger charge is 2.09. The van der Waals surface area contributed by atoms with Crippen molar-refractivity contribution in [2.45, 2.75) is 9.79 Å². The van der Waals surface area contributed by atoms with Gasteiger partial charge in [0, 0.05) is 10.3 Å². The molecule has 1 N–H and O–H groups in total. The van der Waals surface area contributed by atoms with Crippen LogP contribution in [0, 0.1) is 0 Å². The molecule has 0 atom stereocenters. The second kappa shape index (κ2) is 3.44. The molecular weight excluding hydrogens is 220 g/mol. The van der Waals surface area contributed by atoms with Crippen molar-refractivity contribution in [3.63, 3.8) is 0 Å². The highest BCUT2D eigenvalue weighted by molar-refractivity contribution is 7.98. The minimum absolute atomic E-state index is 0.385. The fraction of sp³-hybridized carbons (Fsp3) is 0.111. The van der Waals surface area contributed by atoms with E-state index in [0.29, 0.717) is 5.75 Å². The molecule has 0 unspecified atom stereocenters. The Labute approximate surface area is 90.2 Å². The summed E-state index contributed by atoms with van der Waals surface area (Å²) in [7, 11) is 0. The number of benzene rings is 1. The Kier molecular flexibility index (Phi) is 2.45. The molecule has 1 aromatic carbocycles. The summed E-state index contributed by atoms with van der Waals surface area (Å²) in [5, 5.41) is 12.8. The Bertz CT molecular complexity index is 447. The van der Waals surface area contributed by atoms with E-state index in [4.69, 9.17) is 0 Å². The molecular formula is C9H8OS3. The maximum Gasteiger partial charge on any atom is 0.146 e. The molecule has 0 amide bonds. The molecule has 1 aromatic heterocycles. The lowest BCUT2D eigenvalue weighted by molar-refractivity contribution is 0.469. The van der Waals surface area contributed by atoms with Crippen molar-refractivity contribution in [3.8, 4) is 5.75 Å². The fourth-order valence-corrected chi connectivity index (χ4v) is 3.17. The molecule has 0 spiro atoms. The quantitative estimate of drug-likeness (QED) is 0.574. The van der Waals surface area contributed by atoms with Gasteiger partial charge in [-0.05, 0) is 23.8 Å². The third-order valence-electron chi connectivity index (χ3n) is 1.88. The summed E-state index contributed by atoms with van der Waals surface area (Å²) in [4.78, 5) is 1.82. The van der Waals surface area contributed by atoms with E-state index in [0.717, 1.165) is 19.9 Å². The highest BCUT2D eigenvalue weighted by atomic mass is 32.2. The van der Waals surface area contributed by atoms with Crippen LogP contribution in [-0.2, 0) is 0 Å². The van der Waals surface area contributed by atoms with Crippen molar-refractivity contribution >= 4 is 45.8 Å². The zero-order chi connectivity index (χ0) is 9.42. The van der Waals surface area contributed by atoms with Crippen molar-refractivity contribution in [2.24, 2.45) is 0 Å². The summed E-state index contributed by atoms with van der Waals surface area (Å²) in [6, 6.07) is 3.88. The molecule has 13 heavy (non-hydrogen) atoms. The van der Waals surface area contributed by atoms with Crippen molar-refractivity contribution < 1.29 is 5.11 Å². The van der Waals surface area contributed by atoms with Crippen LogP contribution in [0.1, 0.15) is 0 Å². The Morgan fingerprint density at radius 1 is 1.54 bits per heavy atom. The maximum atomic E-state index is 9.82. The van der Waals surface area contributed by atoms with Gasteiger partial charge in [0.25, 0.3) is 0 Å². The average molecular weight is 228 g/mol. The maximum absolute atomic E-state index is 9.82. The fourth-order valence-electron chi connectivity index (χ4n) is 1.23. The van der Waals surface area contributed by atoms with Crippen molar-refractivity contribution in [2.75, 3.05) is 6.26 Å². The van der Waals surface area contributed by atoms with Gasteiger partial charge in [0.05, 0.1) is 9.60 Å². The van der Waals surface area contributed by atoms with E-state index < -0.39 is 0 Å². The van der Waals surface area contributed by atoms with Crippen LogP contribution < -0.4 is 0 Å². The van der Waals surface area contributed by atoms with Crippen LogP contribution in [0.2, 0.25) is 0 Å². The molecule has 2 rings (SSSR count). The minimum Gasteiger partial charge on any atom is -0.505 e. The van der Waals surface area contributed by atoms with Gasteiger partial charge in [-0.25, -0.2) is 0 Å². The van der Waals surface area contributed by atoms with Gasteiger partial charge in [0.15, 0.2) is 0 Å². The molecule has 0 radical (unpaired) electrons. The van der Waals surface area contributed by atoms with Gasteiger partial charge in [-0.2, -0.15) is 0 Å². The van der Waals surface area contributed by atoms with Crippen LogP contribution in [0.4, 0.5) is 0 Å². The van der Waals surface area contributed by atoms with Crippen molar-refractivity contribution in [3.05, 3.63) is 17.5 Å². The summed E-state index contributed by atoms with van der Waals surface area (Å²) in [6.07, 6.45) is 1.95. The van der Waals surface area contributed by atoms with Crippen molar-refractivity contribution in [1.82, 2.24) is 0 Å². The van der Waals surface area contributed by atoms with E-state index in [2.05, 4.69) is 12.6 Å². The summed E-state index contributed by atoms with van der Waals surface area (Å²) in [6.45, 7) is 0. The zero-order valence-electron chi connectivity index (χ0n) is 6.94. The number of fused-ring (bicyclic) bond motifs is 1. The number of hydrogen-bond donors (Lipinski definition) is 2. The predicted octanol–water partition coefficient (Wildman–Crippen LogP) is 3.62. The van der Waals surface area contributed by atoms with E-state index in [9.17, 15) is 5.11 Å². The highest BCUT2D eigenvalue weighted by Crippen LogP contribution is 2.40. The molecule has 2 aromatic rings. The van der Waals surface area contributed by atoms with Crippen molar-refractivity contribution in [1.29, 1.82) is 0 Å². The smallest absolute Gasteiger partial charge is 0.146 e. The van der Waals surface area contributed by atoms with Crippen LogP contribution in [0.15, 0.2) is 27.3 Å². The summed E-state index contributed by atoms with van der Waals surface area (Å²) in [5.41, 5.74) is 0. The number of phenols is 1. The second-order valence-electron chi connectivity index (χ2n) is 2.61. The Balaban J connectivity index is 2.85. The molecule has 0 bridgehead atoms. The van der Waals surface area contributed by atoms with Crippen LogP contribution in [-0.4, -0.2) is 11.4 Å². The molecule has 0 fully saturated rings. The minimum atomic E-state index is 0.385. The normalized spacial score (nSPS) is 10.9. The molecule has 0 saturated carbocycles. The van der Waals surface area contributed by atoms with Gasteiger partial charge in [-0.3, -0.25) is 0 Å². The first-order valence-electron chi connectivity index (χ1n) is 3.70. The van der Waals surface area contributed by atoms with Crippen LogP contribution in [0.25, 0.3) is 10.1 Å². The number of hydrogen-bond acceptors (Lipinski definition) is 4. The molecule has 68 valence electrons. The molecule has 1 nitrogen and oxygen atoms in total. The largest absolute Gasteiger partial charge is 0.505 e. The number of rotatable bonds is 1. The van der Waals surface area contributed by atoms with E-state index >= 15 is 0 Å². The average Bonchev–Trinajstić information content (AvgIpc) is 2.60. The second-order valence-corrected chi connectivity index (χ2v) is 4.86. The monoisotopic (exact) mass is 228 g/mol. The van der Waals surface area contributed by atoms with Crippen LogP contribution in [0.3, 0.4) is 0 Å². The summed E-state index contributed by atoms with van der Waals surface area (Å²) < 4.78 is 0.928. The van der Waals surface area contributed by atoms with E-state index in [1.165, 1.54) is 11.8 Å². The predicted molar refractivity (Wildman–Crippen MR) is 62.5 cm³/mol. The SMILES string of the molecule is CSc1cc(S)c2ccsc2c1O. The Morgan fingerprint density at radius 3 is 3.00 bits per heavy atom. The standard InChI is InChI=1S/C9H8OS3/c1-12-7-4-6(11)5-2-3-13-9(5)8(7)10/h2-4,10-11H,1H3. The van der Waals surface area contributed by atoms with Gasteiger partial charge >= 0.3 is 0 Å². The van der Waals surface area contributed by atoms with Crippen LogP contribution >= 0.6 is 35.7 Å². The first kappa shape index (κ1) is 9.24. The number of aromatic hydroxyl groups is 1. The summed E-state index contributed by atoms with van der Waals surface area (Å²) >= 11 is 7.45. The zero-order valence-corrected chi connectivity index (χ0v) is 9.47. The van der Waals surface area contributed by atoms with E-state index in [-0.39, 0.29) is 0 Å². The lowest BCUT2D eigenvalue weighted by atomic mass is 10.2. The Hall–Kier alpha value is -0.320. The molecule has 0 aliphatic carbocycles. The van der Waals surface area contributed by atoms with Gasteiger partial charge in [0.2, 0.25) is 0 Å². The lowest BCUT2D eigenvalue weighted by Gasteiger charge is -2.04. The first-order chi connectivity index (χ1) is 6.24. The molecule has 4 heteroatoms. The lowest BCUT2D eigenvalue weighted by Crippen LogP contribution is -1.75. The number of thiophene rings is 1.